The van der Waals surface area contributed by atoms with E-state index in [1.54, 1.807) is 7.11 Å². The molecule has 1 aliphatic heterocycles. The summed E-state index contributed by atoms with van der Waals surface area (Å²) in [6.45, 7) is 8.26. The summed E-state index contributed by atoms with van der Waals surface area (Å²) in [6.07, 6.45) is 0. The molecule has 0 unspecified atom stereocenters. The number of amides is 1. The lowest BCUT2D eigenvalue weighted by Gasteiger charge is -2.32. The van der Waals surface area contributed by atoms with E-state index in [4.69, 9.17) is 4.74 Å². The average molecular weight is 334 g/mol. The molecule has 134 valence electrons. The van der Waals surface area contributed by atoms with Gasteiger partial charge >= 0.3 is 0 Å². The fourth-order valence-electron chi connectivity index (χ4n) is 2.69. The van der Waals surface area contributed by atoms with Gasteiger partial charge in [-0.15, -0.1) is 0 Å². The molecule has 1 aromatic carbocycles. The Morgan fingerprint density at radius 2 is 1.79 bits per heavy atom. The van der Waals surface area contributed by atoms with Crippen LogP contribution in [0.4, 0.5) is 0 Å². The maximum atomic E-state index is 12.1. The van der Waals surface area contributed by atoms with Crippen molar-refractivity contribution in [2.75, 3.05) is 66.6 Å². The number of carbonyl (C=O) groups excluding carboxylic acids is 1. The number of piperazine rings is 1. The van der Waals surface area contributed by atoms with Crippen LogP contribution < -0.4 is 10.6 Å². The number of rotatable bonds is 9. The van der Waals surface area contributed by atoms with Crippen LogP contribution in [-0.2, 0) is 11.3 Å². The Hall–Kier alpha value is -1.47. The molecule has 1 aromatic rings. The predicted molar refractivity (Wildman–Crippen MR) is 96.3 cm³/mol. The van der Waals surface area contributed by atoms with Gasteiger partial charge in [0, 0.05) is 65.0 Å². The SMILES string of the molecule is COCCNCCNC(=O)c1ccc(CN2CCN(C)CC2)cc1. The van der Waals surface area contributed by atoms with Gasteiger partial charge in [-0.05, 0) is 24.7 Å². The highest BCUT2D eigenvalue weighted by atomic mass is 16.5. The molecule has 2 N–H and O–H groups in total. The quantitative estimate of drug-likeness (QED) is 0.640. The third-order valence-corrected chi connectivity index (χ3v) is 4.29. The second kappa shape index (κ2) is 10.4. The first-order chi connectivity index (χ1) is 11.7. The van der Waals surface area contributed by atoms with Gasteiger partial charge in [-0.2, -0.15) is 0 Å². The fourth-order valence-corrected chi connectivity index (χ4v) is 2.69. The number of nitrogens with zero attached hydrogens (tertiary/aromatic N) is 2. The highest BCUT2D eigenvalue weighted by molar-refractivity contribution is 5.94. The smallest absolute Gasteiger partial charge is 0.251 e. The molecule has 0 aromatic heterocycles. The van der Waals surface area contributed by atoms with Gasteiger partial charge in [0.25, 0.3) is 5.91 Å². The lowest BCUT2D eigenvalue weighted by molar-refractivity contribution is 0.0953. The molecule has 1 saturated heterocycles. The fraction of sp³-hybridized carbons (Fsp3) is 0.611. The van der Waals surface area contributed by atoms with Crippen molar-refractivity contribution in [2.45, 2.75) is 6.54 Å². The number of hydrogen-bond acceptors (Lipinski definition) is 5. The Balaban J connectivity index is 1.69. The molecule has 1 heterocycles. The Morgan fingerprint density at radius 3 is 2.46 bits per heavy atom. The summed E-state index contributed by atoms with van der Waals surface area (Å²) in [5.74, 6) is -0.0188. The van der Waals surface area contributed by atoms with Gasteiger partial charge in [0.15, 0.2) is 0 Å². The Morgan fingerprint density at radius 1 is 1.08 bits per heavy atom. The summed E-state index contributed by atoms with van der Waals surface area (Å²) in [4.78, 5) is 16.9. The number of benzene rings is 1. The van der Waals surface area contributed by atoms with Gasteiger partial charge in [-0.25, -0.2) is 0 Å². The number of methoxy groups -OCH3 is 1. The molecule has 0 bridgehead atoms. The van der Waals surface area contributed by atoms with E-state index in [0.717, 1.165) is 45.8 Å². The molecule has 24 heavy (non-hydrogen) atoms. The highest BCUT2D eigenvalue weighted by Gasteiger charge is 2.14. The van der Waals surface area contributed by atoms with Crippen LogP contribution in [0.2, 0.25) is 0 Å². The second-order valence-corrected chi connectivity index (χ2v) is 6.28. The molecule has 1 amide bonds. The van der Waals surface area contributed by atoms with Gasteiger partial charge in [0.2, 0.25) is 0 Å². The summed E-state index contributed by atoms with van der Waals surface area (Å²) in [5.41, 5.74) is 1.98. The Kier molecular flexibility index (Phi) is 8.18. The van der Waals surface area contributed by atoms with E-state index < -0.39 is 0 Å². The first-order valence-electron chi connectivity index (χ1n) is 8.66. The molecule has 6 heteroatoms. The number of carbonyl (C=O) groups is 1. The maximum Gasteiger partial charge on any atom is 0.251 e. The van der Waals surface area contributed by atoms with Crippen molar-refractivity contribution in [3.8, 4) is 0 Å². The van der Waals surface area contributed by atoms with E-state index in [9.17, 15) is 4.79 Å². The van der Waals surface area contributed by atoms with Gasteiger partial charge in [0.05, 0.1) is 6.61 Å². The van der Waals surface area contributed by atoms with Crippen LogP contribution in [0.3, 0.4) is 0 Å². The van der Waals surface area contributed by atoms with E-state index in [-0.39, 0.29) is 5.91 Å². The standard InChI is InChI=1S/C18H30N4O2/c1-21-10-12-22(13-11-21)15-16-3-5-17(6-4-16)18(23)20-8-7-19-9-14-24-2/h3-6,19H,7-15H2,1-2H3,(H,20,23). The summed E-state index contributed by atoms with van der Waals surface area (Å²) < 4.78 is 4.95. The number of ether oxygens (including phenoxy) is 1. The summed E-state index contributed by atoms with van der Waals surface area (Å²) in [5, 5.41) is 6.13. The lowest BCUT2D eigenvalue weighted by Crippen LogP contribution is -2.43. The normalized spacial score (nSPS) is 16.2. The van der Waals surface area contributed by atoms with Gasteiger partial charge in [-0.3, -0.25) is 9.69 Å². The van der Waals surface area contributed by atoms with E-state index in [1.807, 2.05) is 12.1 Å². The summed E-state index contributed by atoms with van der Waals surface area (Å²) >= 11 is 0. The molecule has 0 saturated carbocycles. The molecule has 0 aliphatic carbocycles. The molecule has 0 spiro atoms. The highest BCUT2D eigenvalue weighted by Crippen LogP contribution is 2.09. The van der Waals surface area contributed by atoms with Crippen molar-refractivity contribution in [1.29, 1.82) is 0 Å². The molecular weight excluding hydrogens is 304 g/mol. The number of likely N-dealkylation sites (N-methyl/N-ethyl adjacent to an activating group) is 1. The average Bonchev–Trinajstić information content (AvgIpc) is 2.60. The van der Waals surface area contributed by atoms with Crippen LogP contribution in [0, 0.1) is 0 Å². The molecule has 1 aliphatic rings. The molecule has 6 nitrogen and oxygen atoms in total. The van der Waals surface area contributed by atoms with Gasteiger partial charge < -0.3 is 20.3 Å². The van der Waals surface area contributed by atoms with E-state index in [2.05, 4.69) is 39.6 Å². The van der Waals surface area contributed by atoms with Crippen molar-refractivity contribution in [3.05, 3.63) is 35.4 Å². The zero-order chi connectivity index (χ0) is 17.2. The second-order valence-electron chi connectivity index (χ2n) is 6.28. The summed E-state index contributed by atoms with van der Waals surface area (Å²) in [6, 6.07) is 7.95. The van der Waals surface area contributed by atoms with Gasteiger partial charge in [-0.1, -0.05) is 12.1 Å². The molecule has 0 radical (unpaired) electrons. The van der Waals surface area contributed by atoms with Crippen molar-refractivity contribution in [3.63, 3.8) is 0 Å². The third-order valence-electron chi connectivity index (χ3n) is 4.29. The van der Waals surface area contributed by atoms with Gasteiger partial charge in [0.1, 0.15) is 0 Å². The molecule has 1 fully saturated rings. The lowest BCUT2D eigenvalue weighted by atomic mass is 10.1. The Labute approximate surface area is 145 Å². The van der Waals surface area contributed by atoms with Crippen LogP contribution in [0.15, 0.2) is 24.3 Å². The summed E-state index contributed by atoms with van der Waals surface area (Å²) in [7, 11) is 3.84. The minimum atomic E-state index is -0.0188. The third kappa shape index (κ3) is 6.57. The Bertz CT molecular complexity index is 484. The minimum Gasteiger partial charge on any atom is -0.383 e. The van der Waals surface area contributed by atoms with Crippen LogP contribution >= 0.6 is 0 Å². The van der Waals surface area contributed by atoms with Crippen molar-refractivity contribution < 1.29 is 9.53 Å². The van der Waals surface area contributed by atoms with Crippen LogP contribution in [0.25, 0.3) is 0 Å². The monoisotopic (exact) mass is 334 g/mol. The van der Waals surface area contributed by atoms with E-state index in [0.29, 0.717) is 18.7 Å². The van der Waals surface area contributed by atoms with E-state index in [1.165, 1.54) is 5.56 Å². The van der Waals surface area contributed by atoms with E-state index >= 15 is 0 Å². The zero-order valence-electron chi connectivity index (χ0n) is 14.9. The van der Waals surface area contributed by atoms with Crippen molar-refractivity contribution in [2.24, 2.45) is 0 Å². The van der Waals surface area contributed by atoms with Crippen LogP contribution in [0.1, 0.15) is 15.9 Å². The first-order valence-corrected chi connectivity index (χ1v) is 8.66. The minimum absolute atomic E-state index is 0.0188. The van der Waals surface area contributed by atoms with Crippen LogP contribution in [0.5, 0.6) is 0 Å². The largest absolute Gasteiger partial charge is 0.383 e. The number of hydrogen-bond donors (Lipinski definition) is 2. The zero-order valence-corrected chi connectivity index (χ0v) is 14.9. The molecular formula is C18H30N4O2. The topological polar surface area (TPSA) is 56.8 Å². The molecule has 0 atom stereocenters. The first kappa shape index (κ1) is 18.9. The van der Waals surface area contributed by atoms with Crippen molar-refractivity contribution >= 4 is 5.91 Å². The van der Waals surface area contributed by atoms with Crippen molar-refractivity contribution in [1.82, 2.24) is 20.4 Å². The van der Waals surface area contributed by atoms with Crippen LogP contribution in [-0.4, -0.2) is 82.3 Å². The predicted octanol–water partition coefficient (Wildman–Crippen LogP) is 0.400. The maximum absolute atomic E-state index is 12.1. The molecule has 2 rings (SSSR count). The number of nitrogens with one attached hydrogen (secondary N) is 2.